The first-order valence-corrected chi connectivity index (χ1v) is 11.8. The van der Waals surface area contributed by atoms with Crippen molar-refractivity contribution in [2.75, 3.05) is 20.1 Å². The molecule has 176 valence electrons. The molecular weight excluding hydrogens is 424 g/mol. The van der Waals surface area contributed by atoms with Crippen LogP contribution in [0.3, 0.4) is 0 Å². The number of hydrogen-bond acceptors (Lipinski definition) is 3. The van der Waals surface area contributed by atoms with Gasteiger partial charge in [0.25, 0.3) is 0 Å². The molecule has 1 amide bonds. The monoisotopic (exact) mass is 456 g/mol. The van der Waals surface area contributed by atoms with E-state index in [1.54, 1.807) is 11.9 Å². The number of rotatable bonds is 9. The summed E-state index contributed by atoms with van der Waals surface area (Å²) in [6, 6.07) is 30.5. The molecule has 1 heterocycles. The minimum absolute atomic E-state index is 0.0425. The number of carbonyl (C=O) groups excluding carboxylic acids is 1. The average molecular weight is 457 g/mol. The fourth-order valence-electron chi connectivity index (χ4n) is 4.97. The molecule has 1 aliphatic heterocycles. The summed E-state index contributed by atoms with van der Waals surface area (Å²) in [5, 5.41) is 9.61. The Hall–Kier alpha value is -3.44. The molecule has 1 N–H and O–H groups in total. The first kappa shape index (κ1) is 23.7. The van der Waals surface area contributed by atoms with Gasteiger partial charge in [-0.25, -0.2) is 0 Å². The van der Waals surface area contributed by atoms with E-state index >= 15 is 0 Å². The van der Waals surface area contributed by atoms with Gasteiger partial charge in [0, 0.05) is 20.1 Å². The maximum Gasteiger partial charge on any atom is 0.308 e. The molecule has 34 heavy (non-hydrogen) atoms. The summed E-state index contributed by atoms with van der Waals surface area (Å²) < 4.78 is 0. The summed E-state index contributed by atoms with van der Waals surface area (Å²) in [4.78, 5) is 29.1. The molecule has 0 bridgehead atoms. The highest BCUT2D eigenvalue weighted by molar-refractivity contribution is 5.86. The Morgan fingerprint density at radius 1 is 0.882 bits per heavy atom. The van der Waals surface area contributed by atoms with Gasteiger partial charge in [-0.1, -0.05) is 105 Å². The number of hydrogen-bond donors (Lipinski definition) is 1. The molecule has 3 atom stereocenters. The normalized spacial score (nSPS) is 18.4. The largest absolute Gasteiger partial charge is 0.481 e. The molecule has 0 saturated carbocycles. The van der Waals surface area contributed by atoms with Crippen molar-refractivity contribution >= 4 is 11.9 Å². The van der Waals surface area contributed by atoms with Crippen molar-refractivity contribution in [2.24, 2.45) is 11.8 Å². The number of aliphatic carboxylic acids is 1. The zero-order valence-corrected chi connectivity index (χ0v) is 20.0. The van der Waals surface area contributed by atoms with Gasteiger partial charge < -0.3 is 10.0 Å². The number of nitrogens with zero attached hydrogens (tertiary/aromatic N) is 2. The van der Waals surface area contributed by atoms with Crippen molar-refractivity contribution < 1.29 is 14.7 Å². The molecule has 4 rings (SSSR count). The lowest BCUT2D eigenvalue weighted by Gasteiger charge is -2.38. The van der Waals surface area contributed by atoms with Gasteiger partial charge >= 0.3 is 5.97 Å². The van der Waals surface area contributed by atoms with Crippen LogP contribution in [0.1, 0.15) is 30.5 Å². The number of likely N-dealkylation sites (N-methyl/N-ethyl adjacent to an activating group) is 1. The summed E-state index contributed by atoms with van der Waals surface area (Å²) in [5.41, 5.74) is 2.65. The Balaban J connectivity index is 1.75. The van der Waals surface area contributed by atoms with Crippen LogP contribution in [0.5, 0.6) is 0 Å². The van der Waals surface area contributed by atoms with Gasteiger partial charge in [0.2, 0.25) is 5.91 Å². The highest BCUT2D eigenvalue weighted by Crippen LogP contribution is 2.48. The molecule has 1 aliphatic rings. The summed E-state index contributed by atoms with van der Waals surface area (Å²) >= 11 is 0. The Labute approximate surface area is 201 Å². The second-order valence-corrected chi connectivity index (χ2v) is 9.38. The van der Waals surface area contributed by atoms with Crippen molar-refractivity contribution in [3.8, 4) is 0 Å². The lowest BCUT2D eigenvalue weighted by molar-refractivity contribution is -0.145. The second kappa shape index (κ2) is 9.82. The standard InChI is InChI=1S/C29H32N2O3/c1-21(2)25(28(33)34)19-30(3)27(32)26-20-31(26)29(22-13-7-4-8-14-22,23-15-9-5-10-16-23)24-17-11-6-12-18-24/h4-18,21,25-26H,19-20H2,1-3H3,(H,33,34). The maximum atomic E-state index is 13.5. The van der Waals surface area contributed by atoms with Crippen molar-refractivity contribution in [3.05, 3.63) is 108 Å². The Kier molecular flexibility index (Phi) is 6.85. The van der Waals surface area contributed by atoms with Gasteiger partial charge in [0.15, 0.2) is 0 Å². The lowest BCUT2D eigenvalue weighted by atomic mass is 9.76. The van der Waals surface area contributed by atoms with Crippen LogP contribution in [0.25, 0.3) is 0 Å². The molecule has 1 saturated heterocycles. The van der Waals surface area contributed by atoms with E-state index in [2.05, 4.69) is 41.3 Å². The summed E-state index contributed by atoms with van der Waals surface area (Å²) in [7, 11) is 1.71. The maximum absolute atomic E-state index is 13.5. The van der Waals surface area contributed by atoms with Crippen molar-refractivity contribution in [1.82, 2.24) is 9.80 Å². The molecule has 3 unspecified atom stereocenters. The number of carboxylic acids is 1. The number of carboxylic acid groups (broad SMARTS) is 1. The van der Waals surface area contributed by atoms with E-state index in [-0.39, 0.29) is 24.4 Å². The first-order valence-electron chi connectivity index (χ1n) is 11.8. The van der Waals surface area contributed by atoms with E-state index in [1.807, 2.05) is 68.4 Å². The minimum atomic E-state index is -0.866. The van der Waals surface area contributed by atoms with Crippen LogP contribution in [0, 0.1) is 11.8 Å². The second-order valence-electron chi connectivity index (χ2n) is 9.38. The third-order valence-electron chi connectivity index (χ3n) is 6.87. The van der Waals surface area contributed by atoms with Crippen molar-refractivity contribution in [3.63, 3.8) is 0 Å². The van der Waals surface area contributed by atoms with Gasteiger partial charge in [-0.3, -0.25) is 14.5 Å². The lowest BCUT2D eigenvalue weighted by Crippen LogP contribution is -2.44. The molecule has 3 aromatic carbocycles. The van der Waals surface area contributed by atoms with E-state index in [0.717, 1.165) is 16.7 Å². The van der Waals surface area contributed by atoms with E-state index in [0.29, 0.717) is 6.54 Å². The fraction of sp³-hybridized carbons (Fsp3) is 0.310. The Morgan fingerprint density at radius 3 is 1.65 bits per heavy atom. The van der Waals surface area contributed by atoms with Crippen LogP contribution in [0.15, 0.2) is 91.0 Å². The van der Waals surface area contributed by atoms with Crippen LogP contribution in [0.2, 0.25) is 0 Å². The predicted molar refractivity (Wildman–Crippen MR) is 133 cm³/mol. The summed E-state index contributed by atoms with van der Waals surface area (Å²) in [5.74, 6) is -1.56. The molecule has 0 aliphatic carbocycles. The van der Waals surface area contributed by atoms with Crippen LogP contribution >= 0.6 is 0 Å². The van der Waals surface area contributed by atoms with Crippen molar-refractivity contribution in [2.45, 2.75) is 25.4 Å². The quantitative estimate of drug-likeness (QED) is 0.381. The predicted octanol–water partition coefficient (Wildman–Crippen LogP) is 4.48. The molecule has 0 aromatic heterocycles. The van der Waals surface area contributed by atoms with Gasteiger partial charge in [0.05, 0.1) is 11.5 Å². The number of amides is 1. The zero-order chi connectivity index (χ0) is 24.3. The van der Waals surface area contributed by atoms with Crippen LogP contribution in [-0.2, 0) is 15.1 Å². The summed E-state index contributed by atoms with van der Waals surface area (Å²) in [6.07, 6.45) is 0. The molecule has 0 radical (unpaired) electrons. The highest BCUT2D eigenvalue weighted by atomic mass is 16.4. The Morgan fingerprint density at radius 2 is 1.29 bits per heavy atom. The van der Waals surface area contributed by atoms with Gasteiger partial charge in [-0.2, -0.15) is 0 Å². The third kappa shape index (κ3) is 4.36. The molecule has 5 heteroatoms. The first-order chi connectivity index (χ1) is 16.4. The van der Waals surface area contributed by atoms with Crippen molar-refractivity contribution in [1.29, 1.82) is 0 Å². The third-order valence-corrected chi connectivity index (χ3v) is 6.87. The van der Waals surface area contributed by atoms with E-state index in [1.165, 1.54) is 0 Å². The fourth-order valence-corrected chi connectivity index (χ4v) is 4.97. The molecular formula is C29H32N2O3. The topological polar surface area (TPSA) is 60.6 Å². The zero-order valence-electron chi connectivity index (χ0n) is 20.0. The highest BCUT2D eigenvalue weighted by Gasteiger charge is 2.56. The molecule has 0 spiro atoms. The van der Waals surface area contributed by atoms with Crippen LogP contribution in [0.4, 0.5) is 0 Å². The van der Waals surface area contributed by atoms with E-state index in [4.69, 9.17) is 0 Å². The SMILES string of the molecule is CC(C)C(CN(C)C(=O)C1CN1C(c1ccccc1)(c1ccccc1)c1ccccc1)C(=O)O. The molecule has 3 aromatic rings. The Bertz CT molecular complexity index is 1020. The van der Waals surface area contributed by atoms with Gasteiger partial charge in [-0.15, -0.1) is 0 Å². The smallest absolute Gasteiger partial charge is 0.308 e. The average Bonchev–Trinajstić information content (AvgIpc) is 3.65. The van der Waals surface area contributed by atoms with Gasteiger partial charge in [-0.05, 0) is 22.6 Å². The molecule has 1 fully saturated rings. The molecule has 5 nitrogen and oxygen atoms in total. The van der Waals surface area contributed by atoms with Crippen LogP contribution in [-0.4, -0.2) is 53.0 Å². The van der Waals surface area contributed by atoms with Gasteiger partial charge in [0.1, 0.15) is 6.04 Å². The number of benzene rings is 3. The minimum Gasteiger partial charge on any atom is -0.481 e. The van der Waals surface area contributed by atoms with E-state index < -0.39 is 17.4 Å². The van der Waals surface area contributed by atoms with Crippen LogP contribution < -0.4 is 0 Å². The summed E-state index contributed by atoms with van der Waals surface area (Å²) in [6.45, 7) is 4.56. The van der Waals surface area contributed by atoms with E-state index in [9.17, 15) is 14.7 Å². The number of carbonyl (C=O) groups is 2.